The Morgan fingerprint density at radius 3 is 2.29 bits per heavy atom. The van der Waals surface area contributed by atoms with Crippen molar-refractivity contribution >= 4 is 34.6 Å². The maximum absolute atomic E-state index is 13.1. The van der Waals surface area contributed by atoms with Gasteiger partial charge in [0.25, 0.3) is 11.8 Å². The average Bonchev–Trinajstić information content (AvgIpc) is 3.34. The average molecular weight is 473 g/mol. The fourth-order valence-electron chi connectivity index (χ4n) is 5.20. The van der Waals surface area contributed by atoms with Crippen molar-refractivity contribution in [2.75, 3.05) is 13.2 Å². The predicted octanol–water partition coefficient (Wildman–Crippen LogP) is 4.56. The van der Waals surface area contributed by atoms with Crippen LogP contribution >= 0.6 is 0 Å². The van der Waals surface area contributed by atoms with Crippen LogP contribution in [-0.4, -0.2) is 46.3 Å². The zero-order valence-corrected chi connectivity index (χ0v) is 19.6. The molecule has 0 unspecified atom stereocenters. The molecule has 7 heteroatoms. The number of carbonyl (C=O) groups excluding carboxylic acids is 4. The molecule has 3 aromatic rings. The largest absolute Gasteiger partial charge is 0.466 e. The van der Waals surface area contributed by atoms with E-state index in [1.165, 1.54) is 10.5 Å². The molecule has 0 saturated heterocycles. The lowest BCUT2D eigenvalue weighted by molar-refractivity contribution is -0.143. The first-order chi connectivity index (χ1) is 17.1. The number of ether oxygens (including phenoxy) is 1. The van der Waals surface area contributed by atoms with Gasteiger partial charge in [0, 0.05) is 30.5 Å². The quantitative estimate of drug-likeness (QED) is 0.273. The summed E-state index contributed by atoms with van der Waals surface area (Å²) in [4.78, 5) is 51.2. The van der Waals surface area contributed by atoms with Gasteiger partial charge in [0.05, 0.1) is 23.3 Å². The lowest BCUT2D eigenvalue weighted by Crippen LogP contribution is -2.31. The van der Waals surface area contributed by atoms with Crippen LogP contribution in [0.2, 0.25) is 0 Å². The Kier molecular flexibility index (Phi) is 6.49. The van der Waals surface area contributed by atoms with Gasteiger partial charge in [0.2, 0.25) is 5.91 Å². The normalized spacial score (nSPS) is 14.8. The van der Waals surface area contributed by atoms with Gasteiger partial charge in [-0.3, -0.25) is 28.6 Å². The first-order valence-corrected chi connectivity index (χ1v) is 12.3. The monoisotopic (exact) mass is 472 g/mol. The van der Waals surface area contributed by atoms with Gasteiger partial charge in [0.15, 0.2) is 0 Å². The number of aryl methyl sites for hydroxylation is 1. The standard InChI is InChI=1S/C28H28N2O5/c31-25(30-23-13-5-3-9-19(23)20-10-4-6-14-24(20)30)15-7-16-26(32)35-18-8-17-29-27(33)21-11-1-2-12-22(21)28(29)34/h1-3,5,9,11-13H,4,6-8,10,14-18H2. The number of esters is 1. The van der Waals surface area contributed by atoms with E-state index in [9.17, 15) is 19.2 Å². The van der Waals surface area contributed by atoms with E-state index in [1.807, 2.05) is 22.8 Å². The first kappa shape index (κ1) is 23.0. The molecule has 7 nitrogen and oxygen atoms in total. The van der Waals surface area contributed by atoms with Crippen molar-refractivity contribution in [3.8, 4) is 0 Å². The predicted molar refractivity (Wildman–Crippen MR) is 130 cm³/mol. The molecule has 0 N–H and O–H groups in total. The van der Waals surface area contributed by atoms with Crippen molar-refractivity contribution < 1.29 is 23.9 Å². The summed E-state index contributed by atoms with van der Waals surface area (Å²) in [5, 5.41) is 1.16. The first-order valence-electron chi connectivity index (χ1n) is 12.3. The summed E-state index contributed by atoms with van der Waals surface area (Å²) in [6, 6.07) is 14.8. The van der Waals surface area contributed by atoms with E-state index in [1.54, 1.807) is 24.3 Å². The second-order valence-electron chi connectivity index (χ2n) is 9.11. The summed E-state index contributed by atoms with van der Waals surface area (Å²) >= 11 is 0. The molecular formula is C28H28N2O5. The Hall–Kier alpha value is -3.74. The van der Waals surface area contributed by atoms with Gasteiger partial charge in [-0.2, -0.15) is 0 Å². The molecule has 0 bridgehead atoms. The van der Waals surface area contributed by atoms with Crippen LogP contribution in [0.3, 0.4) is 0 Å². The van der Waals surface area contributed by atoms with Gasteiger partial charge in [0.1, 0.15) is 0 Å². The molecule has 0 spiro atoms. The van der Waals surface area contributed by atoms with Crippen molar-refractivity contribution in [3.63, 3.8) is 0 Å². The molecule has 2 aliphatic rings. The second kappa shape index (κ2) is 9.86. The zero-order chi connectivity index (χ0) is 24.4. The molecule has 2 heterocycles. The van der Waals surface area contributed by atoms with Crippen LogP contribution in [0.15, 0.2) is 48.5 Å². The van der Waals surface area contributed by atoms with Crippen LogP contribution in [-0.2, 0) is 22.4 Å². The molecule has 0 radical (unpaired) electrons. The number of nitrogens with zero attached hydrogens (tertiary/aromatic N) is 2. The lowest BCUT2D eigenvalue weighted by Gasteiger charge is -2.15. The number of rotatable bonds is 8. The number of imide groups is 1. The fraction of sp³-hybridized carbons (Fsp3) is 0.357. The number of para-hydroxylation sites is 1. The summed E-state index contributed by atoms with van der Waals surface area (Å²) in [5.74, 6) is -0.979. The van der Waals surface area contributed by atoms with Crippen molar-refractivity contribution in [1.82, 2.24) is 9.47 Å². The topological polar surface area (TPSA) is 85.7 Å². The molecule has 2 aromatic carbocycles. The Bertz CT molecular complexity index is 1290. The summed E-state index contributed by atoms with van der Waals surface area (Å²) in [7, 11) is 0. The van der Waals surface area contributed by atoms with Crippen LogP contribution in [0.4, 0.5) is 0 Å². The van der Waals surface area contributed by atoms with Crippen molar-refractivity contribution in [3.05, 3.63) is 70.9 Å². The molecule has 0 saturated carbocycles. The van der Waals surface area contributed by atoms with Crippen LogP contribution < -0.4 is 0 Å². The van der Waals surface area contributed by atoms with Gasteiger partial charge >= 0.3 is 5.97 Å². The van der Waals surface area contributed by atoms with E-state index in [4.69, 9.17) is 4.74 Å². The van der Waals surface area contributed by atoms with Gasteiger partial charge in [-0.1, -0.05) is 30.3 Å². The SMILES string of the molecule is O=C(CCCC(=O)n1c2c(c3ccccc31)CCCC2)OCCCN1C(=O)c2ccccc2C1=O. The van der Waals surface area contributed by atoms with Gasteiger partial charge in [-0.25, -0.2) is 0 Å². The molecule has 1 aliphatic carbocycles. The minimum atomic E-state index is -0.375. The van der Waals surface area contributed by atoms with Crippen LogP contribution in [0, 0.1) is 0 Å². The lowest BCUT2D eigenvalue weighted by atomic mass is 9.95. The van der Waals surface area contributed by atoms with E-state index < -0.39 is 0 Å². The Morgan fingerprint density at radius 2 is 1.51 bits per heavy atom. The fourth-order valence-corrected chi connectivity index (χ4v) is 5.20. The third kappa shape index (κ3) is 4.38. The maximum atomic E-state index is 13.1. The highest BCUT2D eigenvalue weighted by Gasteiger charge is 2.34. The molecule has 0 fully saturated rings. The zero-order valence-electron chi connectivity index (χ0n) is 19.6. The highest BCUT2D eigenvalue weighted by Crippen LogP contribution is 2.32. The van der Waals surface area contributed by atoms with E-state index in [-0.39, 0.29) is 49.7 Å². The molecule has 180 valence electrons. The number of carbonyl (C=O) groups is 4. The van der Waals surface area contributed by atoms with Gasteiger partial charge in [-0.05, 0) is 62.3 Å². The number of aromatic nitrogens is 1. The van der Waals surface area contributed by atoms with Crippen molar-refractivity contribution in [1.29, 1.82) is 0 Å². The number of benzene rings is 2. The highest BCUT2D eigenvalue weighted by atomic mass is 16.5. The van der Waals surface area contributed by atoms with Crippen LogP contribution in [0.25, 0.3) is 10.9 Å². The Balaban J connectivity index is 1.08. The van der Waals surface area contributed by atoms with E-state index >= 15 is 0 Å². The van der Waals surface area contributed by atoms with E-state index in [2.05, 4.69) is 6.07 Å². The number of amides is 2. The second-order valence-corrected chi connectivity index (χ2v) is 9.11. The molecular weight excluding hydrogens is 444 g/mol. The third-order valence-electron chi connectivity index (χ3n) is 6.87. The molecule has 1 aromatic heterocycles. The van der Waals surface area contributed by atoms with Crippen molar-refractivity contribution in [2.24, 2.45) is 0 Å². The molecule has 1 aliphatic heterocycles. The minimum absolute atomic E-state index is 0.0165. The minimum Gasteiger partial charge on any atom is -0.466 e. The molecule has 0 atom stereocenters. The number of fused-ring (bicyclic) bond motifs is 4. The van der Waals surface area contributed by atoms with Crippen LogP contribution in [0.5, 0.6) is 0 Å². The maximum Gasteiger partial charge on any atom is 0.305 e. The Morgan fingerprint density at radius 1 is 0.829 bits per heavy atom. The molecule has 2 amide bonds. The van der Waals surface area contributed by atoms with E-state index in [0.29, 0.717) is 24.0 Å². The number of hydrogen-bond donors (Lipinski definition) is 0. The van der Waals surface area contributed by atoms with Gasteiger partial charge in [-0.15, -0.1) is 0 Å². The summed E-state index contributed by atoms with van der Waals surface area (Å²) in [6.45, 7) is 0.319. The van der Waals surface area contributed by atoms with Crippen LogP contribution in [0.1, 0.15) is 75.3 Å². The Labute approximate surface area is 203 Å². The summed E-state index contributed by atoms with van der Waals surface area (Å²) in [6.07, 6.45) is 5.36. The molecule has 35 heavy (non-hydrogen) atoms. The van der Waals surface area contributed by atoms with Crippen molar-refractivity contribution in [2.45, 2.75) is 51.4 Å². The van der Waals surface area contributed by atoms with E-state index in [0.717, 1.165) is 42.3 Å². The van der Waals surface area contributed by atoms with Gasteiger partial charge < -0.3 is 4.74 Å². The smallest absolute Gasteiger partial charge is 0.305 e. The highest BCUT2D eigenvalue weighted by molar-refractivity contribution is 6.21. The summed E-state index contributed by atoms with van der Waals surface area (Å²) < 4.78 is 7.13. The molecule has 5 rings (SSSR count). The number of hydrogen-bond acceptors (Lipinski definition) is 5. The summed E-state index contributed by atoms with van der Waals surface area (Å²) in [5.41, 5.74) is 4.20. The third-order valence-corrected chi connectivity index (χ3v) is 6.87.